The van der Waals surface area contributed by atoms with E-state index in [0.717, 1.165) is 5.69 Å². The standard InChI is InChI=1S/C18H23N5O2/c1-12(24)21-15(18(2,3)4)16(25)22-13-6-8-14(9-7-13)23-17-19-10-5-11-20-17/h5-11,15H,1-4H3,(H,21,24)(H,22,25)(H,19,20,23)/t15-/m0/s1. The van der Waals surface area contributed by atoms with Crippen molar-refractivity contribution < 1.29 is 9.59 Å². The first kappa shape index (κ1) is 18.4. The molecular weight excluding hydrogens is 318 g/mol. The van der Waals surface area contributed by atoms with Gasteiger partial charge in [-0.15, -0.1) is 0 Å². The zero-order chi connectivity index (χ0) is 18.4. The number of benzene rings is 1. The summed E-state index contributed by atoms with van der Waals surface area (Å²) in [5.41, 5.74) is 1.05. The molecule has 0 aliphatic carbocycles. The molecule has 1 aromatic heterocycles. The minimum atomic E-state index is -0.625. The smallest absolute Gasteiger partial charge is 0.247 e. The van der Waals surface area contributed by atoms with Crippen molar-refractivity contribution in [2.24, 2.45) is 5.41 Å². The molecule has 7 nitrogen and oxygen atoms in total. The molecular formula is C18H23N5O2. The van der Waals surface area contributed by atoms with Gasteiger partial charge in [-0.05, 0) is 35.7 Å². The molecule has 132 valence electrons. The van der Waals surface area contributed by atoms with Crippen LogP contribution in [0.1, 0.15) is 27.7 Å². The van der Waals surface area contributed by atoms with E-state index in [9.17, 15) is 9.59 Å². The molecule has 0 aliphatic rings. The molecule has 3 N–H and O–H groups in total. The summed E-state index contributed by atoms with van der Waals surface area (Å²) in [6.45, 7) is 7.11. The van der Waals surface area contributed by atoms with Gasteiger partial charge in [0.05, 0.1) is 0 Å². The second-order valence-electron chi connectivity index (χ2n) is 6.76. The summed E-state index contributed by atoms with van der Waals surface area (Å²) in [6, 6.07) is 8.30. The molecule has 1 heterocycles. The minimum absolute atomic E-state index is 0.238. The van der Waals surface area contributed by atoms with E-state index in [2.05, 4.69) is 25.9 Å². The van der Waals surface area contributed by atoms with Crippen LogP contribution >= 0.6 is 0 Å². The second-order valence-corrected chi connectivity index (χ2v) is 6.76. The lowest BCUT2D eigenvalue weighted by atomic mass is 9.86. The molecule has 25 heavy (non-hydrogen) atoms. The van der Waals surface area contributed by atoms with Crippen LogP contribution in [0.3, 0.4) is 0 Å². The van der Waals surface area contributed by atoms with Gasteiger partial charge in [-0.2, -0.15) is 0 Å². The van der Waals surface area contributed by atoms with Gasteiger partial charge in [0.15, 0.2) is 0 Å². The summed E-state index contributed by atoms with van der Waals surface area (Å²) in [6.07, 6.45) is 3.30. The van der Waals surface area contributed by atoms with Crippen LogP contribution in [-0.2, 0) is 9.59 Å². The topological polar surface area (TPSA) is 96.0 Å². The maximum absolute atomic E-state index is 12.5. The lowest BCUT2D eigenvalue weighted by Gasteiger charge is -2.30. The van der Waals surface area contributed by atoms with Gasteiger partial charge in [0, 0.05) is 30.7 Å². The van der Waals surface area contributed by atoms with Gasteiger partial charge in [0.25, 0.3) is 0 Å². The van der Waals surface area contributed by atoms with Gasteiger partial charge in [-0.1, -0.05) is 20.8 Å². The van der Waals surface area contributed by atoms with Gasteiger partial charge >= 0.3 is 0 Å². The number of aromatic nitrogens is 2. The van der Waals surface area contributed by atoms with Crippen molar-refractivity contribution in [1.82, 2.24) is 15.3 Å². The molecule has 1 aromatic carbocycles. The Hall–Kier alpha value is -2.96. The summed E-state index contributed by atoms with van der Waals surface area (Å²) in [5.74, 6) is 0.00465. The molecule has 0 aliphatic heterocycles. The Balaban J connectivity index is 2.04. The lowest BCUT2D eigenvalue weighted by Crippen LogP contribution is -2.50. The van der Waals surface area contributed by atoms with E-state index in [1.165, 1.54) is 6.92 Å². The summed E-state index contributed by atoms with van der Waals surface area (Å²) in [4.78, 5) is 32.1. The van der Waals surface area contributed by atoms with Crippen molar-refractivity contribution in [3.63, 3.8) is 0 Å². The lowest BCUT2D eigenvalue weighted by molar-refractivity contribution is -0.127. The molecule has 2 rings (SSSR count). The highest BCUT2D eigenvalue weighted by Gasteiger charge is 2.32. The van der Waals surface area contributed by atoms with Gasteiger partial charge in [-0.3, -0.25) is 9.59 Å². The van der Waals surface area contributed by atoms with Crippen LogP contribution < -0.4 is 16.0 Å². The highest BCUT2D eigenvalue weighted by atomic mass is 16.2. The predicted octanol–water partition coefficient (Wildman–Crippen LogP) is 2.71. The number of carbonyl (C=O) groups excluding carboxylic acids is 2. The third-order valence-electron chi connectivity index (χ3n) is 3.45. The van der Waals surface area contributed by atoms with Crippen LogP contribution in [-0.4, -0.2) is 27.8 Å². The summed E-state index contributed by atoms with van der Waals surface area (Å²) in [5, 5.41) is 8.60. The first-order valence-electron chi connectivity index (χ1n) is 7.98. The average molecular weight is 341 g/mol. The van der Waals surface area contributed by atoms with Crippen LogP contribution in [0.5, 0.6) is 0 Å². The normalized spacial score (nSPS) is 12.2. The molecule has 0 saturated heterocycles. The fraction of sp³-hybridized carbons (Fsp3) is 0.333. The van der Waals surface area contributed by atoms with Crippen molar-refractivity contribution in [3.8, 4) is 0 Å². The highest BCUT2D eigenvalue weighted by molar-refractivity contribution is 5.97. The number of anilines is 3. The number of carbonyl (C=O) groups is 2. The highest BCUT2D eigenvalue weighted by Crippen LogP contribution is 2.22. The van der Waals surface area contributed by atoms with Crippen molar-refractivity contribution in [2.45, 2.75) is 33.7 Å². The zero-order valence-electron chi connectivity index (χ0n) is 14.8. The Morgan fingerprint density at radius 2 is 1.56 bits per heavy atom. The Bertz CT molecular complexity index is 723. The fourth-order valence-electron chi connectivity index (χ4n) is 2.22. The molecule has 0 spiro atoms. The molecule has 1 atom stereocenters. The number of nitrogens with one attached hydrogen (secondary N) is 3. The monoisotopic (exact) mass is 341 g/mol. The first-order valence-corrected chi connectivity index (χ1v) is 7.98. The van der Waals surface area contributed by atoms with Crippen LogP contribution in [0.4, 0.5) is 17.3 Å². The molecule has 0 fully saturated rings. The van der Waals surface area contributed by atoms with E-state index in [1.807, 2.05) is 32.9 Å². The number of nitrogens with zero attached hydrogens (tertiary/aromatic N) is 2. The molecule has 0 saturated carbocycles. The van der Waals surface area contributed by atoms with E-state index < -0.39 is 11.5 Å². The third kappa shape index (κ3) is 5.56. The van der Waals surface area contributed by atoms with Crippen molar-refractivity contribution in [3.05, 3.63) is 42.7 Å². The van der Waals surface area contributed by atoms with Crippen molar-refractivity contribution in [1.29, 1.82) is 0 Å². The second kappa shape index (κ2) is 7.74. The Labute approximate surface area is 147 Å². The van der Waals surface area contributed by atoms with Gasteiger partial charge in [-0.25, -0.2) is 9.97 Å². The van der Waals surface area contributed by atoms with Crippen LogP contribution in [0.2, 0.25) is 0 Å². The summed E-state index contributed by atoms with van der Waals surface area (Å²) in [7, 11) is 0. The average Bonchev–Trinajstić information content (AvgIpc) is 2.54. The summed E-state index contributed by atoms with van der Waals surface area (Å²) >= 11 is 0. The molecule has 0 unspecified atom stereocenters. The van der Waals surface area contributed by atoms with E-state index in [-0.39, 0.29) is 11.8 Å². The number of amides is 2. The Morgan fingerprint density at radius 3 is 2.08 bits per heavy atom. The SMILES string of the molecule is CC(=O)N[C@@H](C(=O)Nc1ccc(Nc2ncccn2)cc1)C(C)(C)C. The fourth-order valence-corrected chi connectivity index (χ4v) is 2.22. The van der Waals surface area contributed by atoms with E-state index >= 15 is 0 Å². The maximum Gasteiger partial charge on any atom is 0.247 e. The van der Waals surface area contributed by atoms with E-state index in [4.69, 9.17) is 0 Å². The van der Waals surface area contributed by atoms with Crippen LogP contribution in [0.15, 0.2) is 42.7 Å². The Morgan fingerprint density at radius 1 is 1.00 bits per heavy atom. The molecule has 7 heteroatoms. The number of hydrogen-bond acceptors (Lipinski definition) is 5. The van der Waals surface area contributed by atoms with Crippen LogP contribution in [0, 0.1) is 5.41 Å². The van der Waals surface area contributed by atoms with Gasteiger partial charge in [0.2, 0.25) is 17.8 Å². The predicted molar refractivity (Wildman–Crippen MR) is 97.4 cm³/mol. The number of rotatable bonds is 5. The minimum Gasteiger partial charge on any atom is -0.344 e. The van der Waals surface area contributed by atoms with E-state index in [0.29, 0.717) is 11.6 Å². The maximum atomic E-state index is 12.5. The molecule has 0 radical (unpaired) electrons. The van der Waals surface area contributed by atoms with Crippen molar-refractivity contribution >= 4 is 29.1 Å². The van der Waals surface area contributed by atoms with E-state index in [1.54, 1.807) is 30.6 Å². The third-order valence-corrected chi connectivity index (χ3v) is 3.45. The van der Waals surface area contributed by atoms with Gasteiger partial charge in [0.1, 0.15) is 6.04 Å². The zero-order valence-corrected chi connectivity index (χ0v) is 14.8. The van der Waals surface area contributed by atoms with Gasteiger partial charge < -0.3 is 16.0 Å². The molecule has 2 aromatic rings. The molecule has 2 amide bonds. The largest absolute Gasteiger partial charge is 0.344 e. The van der Waals surface area contributed by atoms with Crippen LogP contribution in [0.25, 0.3) is 0 Å². The molecule has 0 bridgehead atoms. The van der Waals surface area contributed by atoms with Crippen molar-refractivity contribution in [2.75, 3.05) is 10.6 Å². The summed E-state index contributed by atoms with van der Waals surface area (Å²) < 4.78 is 0. The first-order chi connectivity index (χ1) is 11.8. The Kier molecular flexibility index (Phi) is 5.69. The number of hydrogen-bond donors (Lipinski definition) is 3. The quantitative estimate of drug-likeness (QED) is 0.777.